The van der Waals surface area contributed by atoms with Crippen molar-refractivity contribution in [1.82, 2.24) is 30.5 Å². The monoisotopic (exact) mass is 432 g/mol. The Balaban J connectivity index is 1.41. The molecule has 0 aromatic carbocycles. The summed E-state index contributed by atoms with van der Waals surface area (Å²) in [6, 6.07) is -0.584. The van der Waals surface area contributed by atoms with Crippen LogP contribution in [-0.4, -0.2) is 82.3 Å². The zero-order valence-electron chi connectivity index (χ0n) is 15.1. The standard InChI is InChI=1S/C14H20N6O8S/c21-12(17-27-7-6-18-5-1-4-16-18)8-15-13(22)11-3-2-10-9-19(11)14(23)20(10)28-29(24,25)26/h1,4-5,10-11H,2-3,6-9H2,(H,15,22)(H,17,21)(H,24,25,26)/t10-,11+/m1/s1. The first-order valence-electron chi connectivity index (χ1n) is 8.67. The van der Waals surface area contributed by atoms with E-state index in [2.05, 4.69) is 20.2 Å². The fraction of sp³-hybridized carbons (Fsp3) is 0.571. The van der Waals surface area contributed by atoms with Crippen molar-refractivity contribution in [1.29, 1.82) is 0 Å². The Morgan fingerprint density at radius 3 is 2.83 bits per heavy atom. The van der Waals surface area contributed by atoms with Crippen molar-refractivity contribution in [2.45, 2.75) is 31.5 Å². The van der Waals surface area contributed by atoms with Gasteiger partial charge in [0.15, 0.2) is 0 Å². The van der Waals surface area contributed by atoms with E-state index in [1.807, 2.05) is 0 Å². The zero-order valence-corrected chi connectivity index (χ0v) is 15.9. The van der Waals surface area contributed by atoms with Gasteiger partial charge in [0.05, 0.1) is 25.7 Å². The molecule has 1 aromatic rings. The van der Waals surface area contributed by atoms with Gasteiger partial charge in [-0.05, 0) is 18.9 Å². The van der Waals surface area contributed by atoms with Gasteiger partial charge in [-0.2, -0.15) is 18.6 Å². The maximum Gasteiger partial charge on any atom is 0.418 e. The summed E-state index contributed by atoms with van der Waals surface area (Å²) >= 11 is 0. The molecule has 3 N–H and O–H groups in total. The van der Waals surface area contributed by atoms with Gasteiger partial charge in [0.1, 0.15) is 6.04 Å². The van der Waals surface area contributed by atoms with Gasteiger partial charge in [0, 0.05) is 18.9 Å². The highest BCUT2D eigenvalue weighted by molar-refractivity contribution is 7.80. The number of hydrogen-bond acceptors (Lipinski definition) is 8. The number of piperidine rings is 1. The maximum absolute atomic E-state index is 12.3. The molecule has 0 unspecified atom stereocenters. The fourth-order valence-corrected chi connectivity index (χ4v) is 3.52. The van der Waals surface area contributed by atoms with Crippen LogP contribution in [0.2, 0.25) is 0 Å². The molecule has 29 heavy (non-hydrogen) atoms. The van der Waals surface area contributed by atoms with Gasteiger partial charge in [-0.1, -0.05) is 0 Å². The third-order valence-corrected chi connectivity index (χ3v) is 4.74. The van der Waals surface area contributed by atoms with E-state index in [0.29, 0.717) is 18.0 Å². The molecule has 2 atom stereocenters. The van der Waals surface area contributed by atoms with Crippen LogP contribution < -0.4 is 10.8 Å². The smallest absolute Gasteiger partial charge is 0.345 e. The van der Waals surface area contributed by atoms with Crippen molar-refractivity contribution in [2.24, 2.45) is 0 Å². The lowest BCUT2D eigenvalue weighted by Crippen LogP contribution is -2.51. The minimum absolute atomic E-state index is 0.0647. The van der Waals surface area contributed by atoms with Crippen molar-refractivity contribution in [3.8, 4) is 0 Å². The number of aromatic nitrogens is 2. The summed E-state index contributed by atoms with van der Waals surface area (Å²) in [5.74, 6) is -1.16. The lowest BCUT2D eigenvalue weighted by atomic mass is 10.0. The van der Waals surface area contributed by atoms with E-state index < -0.39 is 40.3 Å². The number of nitrogens with zero attached hydrogens (tertiary/aromatic N) is 4. The number of fused-ring (bicyclic) bond motifs is 2. The van der Waals surface area contributed by atoms with Crippen LogP contribution in [0.4, 0.5) is 4.79 Å². The summed E-state index contributed by atoms with van der Waals surface area (Å²) in [4.78, 5) is 42.5. The van der Waals surface area contributed by atoms with E-state index in [1.54, 1.807) is 23.1 Å². The number of carbonyl (C=O) groups excluding carboxylic acids is 3. The summed E-state index contributed by atoms with van der Waals surface area (Å²) < 4.78 is 36.4. The topological polar surface area (TPSA) is 172 Å². The van der Waals surface area contributed by atoms with Gasteiger partial charge >= 0.3 is 16.4 Å². The van der Waals surface area contributed by atoms with Crippen molar-refractivity contribution < 1.29 is 36.5 Å². The number of rotatable bonds is 9. The molecular weight excluding hydrogens is 412 g/mol. The average molecular weight is 432 g/mol. The summed E-state index contributed by atoms with van der Waals surface area (Å²) in [6.07, 6.45) is 3.89. The highest BCUT2D eigenvalue weighted by Gasteiger charge is 2.49. The summed E-state index contributed by atoms with van der Waals surface area (Å²) in [6.45, 7) is 0.308. The third-order valence-electron chi connectivity index (χ3n) is 4.39. The minimum atomic E-state index is -4.86. The van der Waals surface area contributed by atoms with E-state index in [-0.39, 0.29) is 26.1 Å². The molecule has 2 aliphatic rings. The van der Waals surface area contributed by atoms with E-state index >= 15 is 0 Å². The molecular formula is C14H20N6O8S. The van der Waals surface area contributed by atoms with Crippen molar-refractivity contribution in [2.75, 3.05) is 19.7 Å². The van der Waals surface area contributed by atoms with Crippen LogP contribution in [0.25, 0.3) is 0 Å². The van der Waals surface area contributed by atoms with Crippen molar-refractivity contribution >= 4 is 28.2 Å². The second-order valence-electron chi connectivity index (χ2n) is 6.37. The van der Waals surface area contributed by atoms with E-state index in [1.165, 1.54) is 0 Å². The van der Waals surface area contributed by atoms with Crippen LogP contribution in [0.1, 0.15) is 12.8 Å². The van der Waals surface area contributed by atoms with Gasteiger partial charge in [-0.15, -0.1) is 4.28 Å². The largest absolute Gasteiger partial charge is 0.418 e. The second-order valence-corrected chi connectivity index (χ2v) is 7.38. The van der Waals surface area contributed by atoms with Crippen LogP contribution in [0.3, 0.4) is 0 Å². The number of carbonyl (C=O) groups is 3. The van der Waals surface area contributed by atoms with E-state index in [9.17, 15) is 22.8 Å². The first-order valence-corrected chi connectivity index (χ1v) is 10.0. The number of hydrogen-bond donors (Lipinski definition) is 3. The number of hydroxylamine groups is 3. The number of nitrogens with one attached hydrogen (secondary N) is 2. The Bertz CT molecular complexity index is 859. The lowest BCUT2D eigenvalue weighted by Gasteiger charge is -2.29. The highest BCUT2D eigenvalue weighted by Crippen LogP contribution is 2.30. The molecule has 1 aromatic heterocycles. The second kappa shape index (κ2) is 8.73. The molecule has 14 nitrogen and oxygen atoms in total. The zero-order chi connectivity index (χ0) is 21.0. The molecule has 2 bridgehead atoms. The Labute approximate surface area is 165 Å². The fourth-order valence-electron chi connectivity index (χ4n) is 3.13. The molecule has 3 rings (SSSR count). The average Bonchev–Trinajstić information content (AvgIpc) is 3.26. The molecule has 3 heterocycles. The van der Waals surface area contributed by atoms with E-state index in [4.69, 9.17) is 9.39 Å². The van der Waals surface area contributed by atoms with E-state index in [0.717, 1.165) is 4.90 Å². The molecule has 2 aliphatic heterocycles. The molecule has 0 spiro atoms. The number of amides is 4. The Morgan fingerprint density at radius 2 is 2.14 bits per heavy atom. The molecule has 15 heteroatoms. The van der Waals surface area contributed by atoms with Crippen LogP contribution in [0, 0.1) is 0 Å². The highest BCUT2D eigenvalue weighted by atomic mass is 32.3. The van der Waals surface area contributed by atoms with Gasteiger partial charge in [0.2, 0.25) is 5.91 Å². The Hall–Kier alpha value is -2.75. The quantitative estimate of drug-likeness (QED) is 0.228. The molecule has 0 aliphatic carbocycles. The summed E-state index contributed by atoms with van der Waals surface area (Å²) in [5, 5.41) is 6.92. The normalized spacial score (nSPS) is 21.3. The molecule has 0 radical (unpaired) electrons. The van der Waals surface area contributed by atoms with Gasteiger partial charge < -0.3 is 10.2 Å². The summed E-state index contributed by atoms with van der Waals surface area (Å²) in [5.41, 5.74) is 2.18. The van der Waals surface area contributed by atoms with Crippen LogP contribution in [0.15, 0.2) is 18.5 Å². The molecule has 4 amide bonds. The molecule has 0 saturated carbocycles. The van der Waals surface area contributed by atoms with Gasteiger partial charge in [0.25, 0.3) is 5.91 Å². The Kier molecular flexibility index (Phi) is 6.31. The first kappa shape index (κ1) is 21.0. The molecule has 2 saturated heterocycles. The SMILES string of the molecule is O=C(CNC(=O)[C@@H]1CC[C@@H]2CN1C(=O)N2OS(=O)(=O)O)NOCCn1cccn1. The van der Waals surface area contributed by atoms with Crippen LogP contribution in [0.5, 0.6) is 0 Å². The lowest BCUT2D eigenvalue weighted by molar-refractivity contribution is -0.136. The predicted molar refractivity (Wildman–Crippen MR) is 92.7 cm³/mol. The predicted octanol–water partition coefficient (Wildman–Crippen LogP) is -1.95. The van der Waals surface area contributed by atoms with Crippen LogP contribution in [-0.2, 0) is 35.7 Å². The van der Waals surface area contributed by atoms with Gasteiger partial charge in [-0.25, -0.2) is 10.3 Å². The molecule has 2 fully saturated rings. The molecule has 160 valence electrons. The number of urea groups is 1. The summed E-state index contributed by atoms with van der Waals surface area (Å²) in [7, 11) is -4.86. The Morgan fingerprint density at radius 1 is 1.34 bits per heavy atom. The first-order chi connectivity index (χ1) is 13.7. The maximum atomic E-state index is 12.3. The van der Waals surface area contributed by atoms with Gasteiger partial charge in [-0.3, -0.25) is 23.7 Å². The minimum Gasteiger partial charge on any atom is -0.345 e. The van der Waals surface area contributed by atoms with Crippen molar-refractivity contribution in [3.63, 3.8) is 0 Å². The van der Waals surface area contributed by atoms with Crippen molar-refractivity contribution in [3.05, 3.63) is 18.5 Å². The van der Waals surface area contributed by atoms with Crippen LogP contribution >= 0.6 is 0 Å². The third kappa shape index (κ3) is 5.41.